The number of nitrogens with zero attached hydrogens (tertiary/aromatic N) is 2. The van der Waals surface area contributed by atoms with Crippen molar-refractivity contribution < 1.29 is 9.32 Å². The Morgan fingerprint density at radius 2 is 2.08 bits per heavy atom. The molecule has 1 aliphatic rings. The fourth-order valence-corrected chi connectivity index (χ4v) is 3.35. The maximum absolute atomic E-state index is 12.8. The normalized spacial score (nSPS) is 16.3. The van der Waals surface area contributed by atoms with Crippen molar-refractivity contribution >= 4 is 17.5 Å². The van der Waals surface area contributed by atoms with Gasteiger partial charge in [0.15, 0.2) is 0 Å². The van der Waals surface area contributed by atoms with Crippen molar-refractivity contribution in [3.8, 4) is 11.3 Å². The van der Waals surface area contributed by atoms with E-state index in [0.29, 0.717) is 27.6 Å². The van der Waals surface area contributed by atoms with Gasteiger partial charge in [-0.25, -0.2) is 0 Å². The number of amides is 1. The molecule has 0 aliphatic carbocycles. The van der Waals surface area contributed by atoms with E-state index >= 15 is 0 Å². The van der Waals surface area contributed by atoms with Gasteiger partial charge in [0.25, 0.3) is 5.91 Å². The maximum atomic E-state index is 12.8. The summed E-state index contributed by atoms with van der Waals surface area (Å²) in [5.74, 6) is 0.368. The first-order valence-electron chi connectivity index (χ1n) is 8.34. The van der Waals surface area contributed by atoms with Gasteiger partial charge in [-0.2, -0.15) is 0 Å². The van der Waals surface area contributed by atoms with Gasteiger partial charge < -0.3 is 14.7 Å². The summed E-state index contributed by atoms with van der Waals surface area (Å²) in [4.78, 5) is 15.2. The number of benzene rings is 1. The molecular weight excluding hydrogens is 326 g/mol. The highest BCUT2D eigenvalue weighted by molar-refractivity contribution is 6.33. The van der Waals surface area contributed by atoms with E-state index in [1.165, 1.54) is 0 Å². The third-order valence-corrected chi connectivity index (χ3v) is 4.92. The van der Waals surface area contributed by atoms with Crippen LogP contribution in [0.25, 0.3) is 11.3 Å². The Bertz CT molecular complexity index is 721. The van der Waals surface area contributed by atoms with Crippen LogP contribution in [0.3, 0.4) is 0 Å². The number of nitrogens with one attached hydrogen (secondary N) is 1. The zero-order valence-electron chi connectivity index (χ0n) is 14.0. The van der Waals surface area contributed by atoms with E-state index in [1.54, 1.807) is 13.0 Å². The summed E-state index contributed by atoms with van der Waals surface area (Å²) in [6.07, 6.45) is 1.93. The molecule has 0 atom stereocenters. The lowest BCUT2D eigenvalue weighted by atomic mass is 10.0. The first-order valence-corrected chi connectivity index (χ1v) is 8.72. The quantitative estimate of drug-likeness (QED) is 0.919. The van der Waals surface area contributed by atoms with Gasteiger partial charge in [0.1, 0.15) is 17.0 Å². The molecular formula is C18H22ClN3O2. The lowest BCUT2D eigenvalue weighted by molar-refractivity contribution is 0.0911. The molecule has 1 fully saturated rings. The molecule has 2 heterocycles. The molecule has 1 amide bonds. The second-order valence-corrected chi connectivity index (χ2v) is 6.53. The Morgan fingerprint density at radius 1 is 1.38 bits per heavy atom. The molecule has 0 spiro atoms. The summed E-state index contributed by atoms with van der Waals surface area (Å²) in [5, 5.41) is 7.74. The van der Waals surface area contributed by atoms with Crippen molar-refractivity contribution in [3.63, 3.8) is 0 Å². The van der Waals surface area contributed by atoms with Crippen LogP contribution in [0.1, 0.15) is 35.9 Å². The molecule has 2 aromatic rings. The molecule has 1 N–H and O–H groups in total. The van der Waals surface area contributed by atoms with Crippen LogP contribution in [0.15, 0.2) is 28.8 Å². The van der Waals surface area contributed by atoms with E-state index in [0.717, 1.165) is 32.5 Å². The first kappa shape index (κ1) is 17.0. The Balaban J connectivity index is 1.79. The Kier molecular flexibility index (Phi) is 5.21. The van der Waals surface area contributed by atoms with Crippen molar-refractivity contribution in [2.45, 2.75) is 32.7 Å². The average Bonchev–Trinajstić information content (AvgIpc) is 2.97. The van der Waals surface area contributed by atoms with Crippen LogP contribution in [-0.4, -0.2) is 41.6 Å². The lowest BCUT2D eigenvalue weighted by Gasteiger charge is -2.31. The maximum Gasteiger partial charge on any atom is 0.257 e. The summed E-state index contributed by atoms with van der Waals surface area (Å²) in [6.45, 7) is 7.00. The van der Waals surface area contributed by atoms with Gasteiger partial charge in [-0.05, 0) is 32.4 Å². The van der Waals surface area contributed by atoms with Crippen LogP contribution in [-0.2, 0) is 0 Å². The number of carbonyl (C=O) groups excluding carboxylic acids is 1. The van der Waals surface area contributed by atoms with Gasteiger partial charge in [-0.1, -0.05) is 41.9 Å². The molecule has 0 radical (unpaired) electrons. The zero-order valence-corrected chi connectivity index (χ0v) is 14.8. The fourth-order valence-electron chi connectivity index (χ4n) is 3.13. The minimum absolute atomic E-state index is 0.140. The molecule has 0 unspecified atom stereocenters. The average molecular weight is 348 g/mol. The highest BCUT2D eigenvalue weighted by Gasteiger charge is 2.26. The van der Waals surface area contributed by atoms with Crippen LogP contribution in [0, 0.1) is 6.92 Å². The third kappa shape index (κ3) is 3.47. The molecule has 1 aromatic carbocycles. The van der Waals surface area contributed by atoms with E-state index < -0.39 is 0 Å². The van der Waals surface area contributed by atoms with Gasteiger partial charge in [-0.15, -0.1) is 0 Å². The Labute approximate surface area is 147 Å². The second-order valence-electron chi connectivity index (χ2n) is 6.12. The molecule has 0 saturated carbocycles. The van der Waals surface area contributed by atoms with Crippen molar-refractivity contribution in [1.82, 2.24) is 15.4 Å². The molecule has 1 aromatic heterocycles. The Hall–Kier alpha value is -1.85. The van der Waals surface area contributed by atoms with E-state index in [2.05, 4.69) is 22.3 Å². The number of aryl methyl sites for hydroxylation is 1. The molecule has 3 rings (SSSR count). The molecule has 0 bridgehead atoms. The monoisotopic (exact) mass is 347 g/mol. The number of aromatic nitrogens is 1. The van der Waals surface area contributed by atoms with E-state index in [9.17, 15) is 4.79 Å². The third-order valence-electron chi connectivity index (χ3n) is 4.59. The van der Waals surface area contributed by atoms with Crippen LogP contribution in [0.2, 0.25) is 5.02 Å². The predicted octanol–water partition coefficient (Wildman–Crippen LogP) is 3.52. The van der Waals surface area contributed by atoms with Gasteiger partial charge in [0.05, 0.1) is 5.02 Å². The van der Waals surface area contributed by atoms with Gasteiger partial charge in [0, 0.05) is 24.7 Å². The van der Waals surface area contributed by atoms with Crippen molar-refractivity contribution in [2.75, 3.05) is 19.6 Å². The number of hydrogen-bond acceptors (Lipinski definition) is 4. The van der Waals surface area contributed by atoms with Gasteiger partial charge in [0.2, 0.25) is 0 Å². The number of rotatable bonds is 4. The standard InChI is InChI=1S/C18H22ClN3O2/c1-3-22-10-8-13(9-11-22)20-18(23)16-12(2)24-21-17(16)14-6-4-5-7-15(14)19/h4-7,13H,3,8-11H2,1-2H3,(H,20,23). The summed E-state index contributed by atoms with van der Waals surface area (Å²) >= 11 is 6.25. The molecule has 1 saturated heterocycles. The SMILES string of the molecule is CCN1CCC(NC(=O)c2c(-c3ccccc3Cl)noc2C)CC1. The van der Waals surface area contributed by atoms with Crippen LogP contribution < -0.4 is 5.32 Å². The summed E-state index contributed by atoms with van der Waals surface area (Å²) in [7, 11) is 0. The topological polar surface area (TPSA) is 58.4 Å². The fraction of sp³-hybridized carbons (Fsp3) is 0.444. The highest BCUT2D eigenvalue weighted by atomic mass is 35.5. The smallest absolute Gasteiger partial charge is 0.257 e. The van der Waals surface area contributed by atoms with Crippen LogP contribution in [0.4, 0.5) is 0 Å². The lowest BCUT2D eigenvalue weighted by Crippen LogP contribution is -2.44. The van der Waals surface area contributed by atoms with E-state index in [-0.39, 0.29) is 11.9 Å². The highest BCUT2D eigenvalue weighted by Crippen LogP contribution is 2.31. The van der Waals surface area contributed by atoms with Crippen LogP contribution >= 0.6 is 11.6 Å². The van der Waals surface area contributed by atoms with E-state index in [4.69, 9.17) is 16.1 Å². The summed E-state index contributed by atoms with van der Waals surface area (Å²) in [6, 6.07) is 7.53. The number of likely N-dealkylation sites (tertiary alicyclic amines) is 1. The van der Waals surface area contributed by atoms with Crippen molar-refractivity contribution in [2.24, 2.45) is 0 Å². The molecule has 5 nitrogen and oxygen atoms in total. The van der Waals surface area contributed by atoms with E-state index in [1.807, 2.05) is 18.2 Å². The minimum atomic E-state index is -0.140. The van der Waals surface area contributed by atoms with Crippen LogP contribution in [0.5, 0.6) is 0 Å². The second kappa shape index (κ2) is 7.36. The van der Waals surface area contributed by atoms with Crippen molar-refractivity contribution in [1.29, 1.82) is 0 Å². The first-order chi connectivity index (χ1) is 11.6. The number of hydrogen-bond donors (Lipinski definition) is 1. The predicted molar refractivity (Wildman–Crippen MR) is 94.3 cm³/mol. The van der Waals surface area contributed by atoms with Gasteiger partial charge >= 0.3 is 0 Å². The number of carbonyl (C=O) groups is 1. The molecule has 128 valence electrons. The van der Waals surface area contributed by atoms with Gasteiger partial charge in [-0.3, -0.25) is 4.79 Å². The summed E-state index contributed by atoms with van der Waals surface area (Å²) < 4.78 is 5.27. The zero-order chi connectivity index (χ0) is 17.1. The minimum Gasteiger partial charge on any atom is -0.360 e. The van der Waals surface area contributed by atoms with Crippen molar-refractivity contribution in [3.05, 3.63) is 40.6 Å². The molecule has 6 heteroatoms. The number of halogens is 1. The summed E-state index contributed by atoms with van der Waals surface area (Å²) in [5.41, 5.74) is 1.68. The number of piperidine rings is 1. The Morgan fingerprint density at radius 3 is 2.75 bits per heavy atom. The largest absolute Gasteiger partial charge is 0.360 e. The molecule has 24 heavy (non-hydrogen) atoms. The molecule has 1 aliphatic heterocycles.